The molecule has 198 valence electrons. The third kappa shape index (κ3) is 4.52. The van der Waals surface area contributed by atoms with Crippen molar-refractivity contribution in [1.82, 2.24) is 10.2 Å². The van der Waals surface area contributed by atoms with Crippen molar-refractivity contribution in [2.75, 3.05) is 43.0 Å². The fourth-order valence-electron chi connectivity index (χ4n) is 6.13. The van der Waals surface area contributed by atoms with Gasteiger partial charge in [-0.05, 0) is 57.4 Å². The minimum absolute atomic E-state index is 0.104. The van der Waals surface area contributed by atoms with Crippen molar-refractivity contribution >= 4 is 45.0 Å². The Bertz CT molecular complexity index is 972. The fraction of sp³-hybridized carbons (Fsp3) is 0.654. The molecule has 6 atom stereocenters. The van der Waals surface area contributed by atoms with Gasteiger partial charge in [-0.3, -0.25) is 14.4 Å². The van der Waals surface area contributed by atoms with Crippen molar-refractivity contribution < 1.29 is 24.2 Å². The molecule has 1 aromatic rings. The molecule has 36 heavy (non-hydrogen) atoms. The molecule has 3 unspecified atom stereocenters. The Morgan fingerprint density at radius 1 is 1.19 bits per heavy atom. The highest BCUT2D eigenvalue weighted by atomic mass is 79.9. The standard InChI is InChI=1S/C26H37BrN4O5/c1-4-12-28-23(33)19-20-25(35)31(13-7-14-32)22(26(20)15-18(27)21(19)36-26)24(34)29-16-8-10-17(11-9-16)30(5-2)6-3/h8-11,18-22,32H,4-7,12-15H2,1-3H3,(H,28,33)(H,29,34)/t18?,19-,20-,21-,22?,26?/m0/s1. The zero-order chi connectivity index (χ0) is 26.0. The summed E-state index contributed by atoms with van der Waals surface area (Å²) in [7, 11) is 0. The normalized spacial score (nSPS) is 30.4. The monoisotopic (exact) mass is 564 g/mol. The van der Waals surface area contributed by atoms with Gasteiger partial charge in [-0.2, -0.15) is 0 Å². The van der Waals surface area contributed by atoms with Gasteiger partial charge in [0.25, 0.3) is 0 Å². The zero-order valence-corrected chi connectivity index (χ0v) is 22.8. The average molecular weight is 566 g/mol. The number of amides is 3. The molecule has 4 rings (SSSR count). The first-order valence-electron chi connectivity index (χ1n) is 13.0. The summed E-state index contributed by atoms with van der Waals surface area (Å²) in [5.74, 6) is -2.19. The van der Waals surface area contributed by atoms with Gasteiger partial charge in [0.15, 0.2) is 0 Å². The van der Waals surface area contributed by atoms with Gasteiger partial charge in [-0.1, -0.05) is 22.9 Å². The number of aliphatic hydroxyl groups is 1. The third-order valence-electron chi connectivity index (χ3n) is 7.71. The molecule has 3 fully saturated rings. The number of carbonyl (C=O) groups is 3. The molecule has 3 aliphatic rings. The van der Waals surface area contributed by atoms with Crippen LogP contribution in [0.25, 0.3) is 0 Å². The minimum atomic E-state index is -1.09. The maximum absolute atomic E-state index is 13.8. The Morgan fingerprint density at radius 3 is 2.50 bits per heavy atom. The Morgan fingerprint density at radius 2 is 1.89 bits per heavy atom. The first-order chi connectivity index (χ1) is 17.3. The van der Waals surface area contributed by atoms with Crippen molar-refractivity contribution in [2.45, 2.75) is 62.6 Å². The number of nitrogens with zero attached hydrogens (tertiary/aromatic N) is 2. The quantitative estimate of drug-likeness (QED) is 0.355. The van der Waals surface area contributed by atoms with Gasteiger partial charge in [0.1, 0.15) is 11.6 Å². The highest BCUT2D eigenvalue weighted by molar-refractivity contribution is 9.09. The molecular weight excluding hydrogens is 528 g/mol. The lowest BCUT2D eigenvalue weighted by atomic mass is 9.70. The fourth-order valence-corrected chi connectivity index (χ4v) is 7.07. The van der Waals surface area contributed by atoms with E-state index in [1.165, 1.54) is 4.90 Å². The molecule has 3 saturated heterocycles. The van der Waals surface area contributed by atoms with Gasteiger partial charge < -0.3 is 30.3 Å². The molecule has 1 spiro atoms. The van der Waals surface area contributed by atoms with E-state index in [9.17, 15) is 19.5 Å². The molecule has 9 nitrogen and oxygen atoms in total. The number of ether oxygens (including phenoxy) is 1. The first kappa shape index (κ1) is 26.9. The second-order valence-electron chi connectivity index (χ2n) is 9.77. The highest BCUT2D eigenvalue weighted by Gasteiger charge is 2.76. The van der Waals surface area contributed by atoms with E-state index in [0.29, 0.717) is 25.1 Å². The number of likely N-dealkylation sites (tertiary alicyclic amines) is 1. The number of hydrogen-bond donors (Lipinski definition) is 3. The van der Waals surface area contributed by atoms with Crippen LogP contribution in [-0.4, -0.2) is 83.1 Å². The first-order valence-corrected chi connectivity index (χ1v) is 13.9. The SMILES string of the molecule is CCCNC(=O)[C@H]1[C@H]2C(=O)N(CCCO)C(C(=O)Nc3ccc(N(CC)CC)cc3)C23CC(Br)[C@@H]1O3. The summed E-state index contributed by atoms with van der Waals surface area (Å²) in [5, 5.41) is 15.4. The highest BCUT2D eigenvalue weighted by Crippen LogP contribution is 2.60. The molecule has 2 bridgehead atoms. The van der Waals surface area contributed by atoms with Crippen LogP contribution in [0.15, 0.2) is 24.3 Å². The van der Waals surface area contributed by atoms with E-state index in [-0.39, 0.29) is 35.7 Å². The number of hydrogen-bond acceptors (Lipinski definition) is 6. The Balaban J connectivity index is 1.62. The maximum atomic E-state index is 13.8. The van der Waals surface area contributed by atoms with Crippen LogP contribution < -0.4 is 15.5 Å². The number of rotatable bonds is 11. The van der Waals surface area contributed by atoms with Gasteiger partial charge in [0.05, 0.1) is 17.9 Å². The molecule has 10 heteroatoms. The smallest absolute Gasteiger partial charge is 0.250 e. The number of halogens is 1. The van der Waals surface area contributed by atoms with E-state index in [4.69, 9.17) is 4.74 Å². The molecule has 3 aliphatic heterocycles. The van der Waals surface area contributed by atoms with Crippen LogP contribution in [0.2, 0.25) is 0 Å². The van der Waals surface area contributed by atoms with Crippen molar-refractivity contribution in [2.24, 2.45) is 11.8 Å². The Kier molecular flexibility index (Phi) is 8.26. The number of fused-ring (bicyclic) bond motifs is 1. The average Bonchev–Trinajstić information content (AvgIpc) is 3.46. The second-order valence-corrected chi connectivity index (χ2v) is 10.9. The molecule has 3 amide bonds. The largest absolute Gasteiger partial charge is 0.396 e. The molecule has 1 aromatic carbocycles. The number of benzene rings is 1. The van der Waals surface area contributed by atoms with E-state index >= 15 is 0 Å². The van der Waals surface area contributed by atoms with Crippen molar-refractivity contribution in [3.8, 4) is 0 Å². The second kappa shape index (κ2) is 11.1. The summed E-state index contributed by atoms with van der Waals surface area (Å²) in [6.45, 7) is 8.56. The number of anilines is 2. The molecule has 0 aliphatic carbocycles. The van der Waals surface area contributed by atoms with Gasteiger partial charge in [-0.15, -0.1) is 0 Å². The van der Waals surface area contributed by atoms with Gasteiger partial charge in [0.2, 0.25) is 17.7 Å². The van der Waals surface area contributed by atoms with E-state index in [1.54, 1.807) is 0 Å². The Labute approximate surface area is 221 Å². The molecule has 0 aromatic heterocycles. The lowest BCUT2D eigenvalue weighted by molar-refractivity contribution is -0.140. The number of aliphatic hydroxyl groups excluding tert-OH is 1. The number of nitrogens with one attached hydrogen (secondary N) is 2. The lowest BCUT2D eigenvalue weighted by Gasteiger charge is -2.34. The predicted molar refractivity (Wildman–Crippen MR) is 141 cm³/mol. The molecular formula is C26H37BrN4O5. The molecule has 3 heterocycles. The molecule has 0 radical (unpaired) electrons. The number of carbonyl (C=O) groups excluding carboxylic acids is 3. The van der Waals surface area contributed by atoms with Crippen LogP contribution in [0, 0.1) is 11.8 Å². The van der Waals surface area contributed by atoms with E-state index < -0.39 is 29.6 Å². The van der Waals surface area contributed by atoms with Gasteiger partial charge in [-0.25, -0.2) is 0 Å². The third-order valence-corrected chi connectivity index (χ3v) is 8.55. The summed E-state index contributed by atoms with van der Waals surface area (Å²) in [6, 6.07) is 6.76. The van der Waals surface area contributed by atoms with Crippen LogP contribution in [-0.2, 0) is 19.1 Å². The van der Waals surface area contributed by atoms with Gasteiger partial charge >= 0.3 is 0 Å². The predicted octanol–water partition coefficient (Wildman–Crippen LogP) is 2.13. The van der Waals surface area contributed by atoms with E-state index in [2.05, 4.69) is 45.3 Å². The van der Waals surface area contributed by atoms with Crippen molar-refractivity contribution in [1.29, 1.82) is 0 Å². The zero-order valence-electron chi connectivity index (χ0n) is 21.2. The van der Waals surface area contributed by atoms with Crippen LogP contribution in [0.3, 0.4) is 0 Å². The van der Waals surface area contributed by atoms with E-state index in [0.717, 1.165) is 25.2 Å². The van der Waals surface area contributed by atoms with Gasteiger partial charge in [0, 0.05) is 49.0 Å². The summed E-state index contributed by atoms with van der Waals surface area (Å²) in [4.78, 5) is 44.2. The topological polar surface area (TPSA) is 111 Å². The summed E-state index contributed by atoms with van der Waals surface area (Å²) >= 11 is 3.66. The van der Waals surface area contributed by atoms with Crippen LogP contribution >= 0.6 is 15.9 Å². The summed E-state index contributed by atoms with van der Waals surface area (Å²) in [5.41, 5.74) is 0.605. The minimum Gasteiger partial charge on any atom is -0.396 e. The molecule has 3 N–H and O–H groups in total. The van der Waals surface area contributed by atoms with Crippen molar-refractivity contribution in [3.63, 3.8) is 0 Å². The van der Waals surface area contributed by atoms with Crippen LogP contribution in [0.1, 0.15) is 40.0 Å². The van der Waals surface area contributed by atoms with Crippen LogP contribution in [0.4, 0.5) is 11.4 Å². The van der Waals surface area contributed by atoms with E-state index in [1.807, 2.05) is 31.2 Å². The summed E-state index contributed by atoms with van der Waals surface area (Å²) in [6.07, 6.45) is 1.11. The lowest BCUT2D eigenvalue weighted by Crippen LogP contribution is -2.54. The molecule has 0 saturated carbocycles. The van der Waals surface area contributed by atoms with Crippen molar-refractivity contribution in [3.05, 3.63) is 24.3 Å². The summed E-state index contributed by atoms with van der Waals surface area (Å²) < 4.78 is 6.44. The van der Waals surface area contributed by atoms with Crippen LogP contribution in [0.5, 0.6) is 0 Å². The number of alkyl halides is 1. The maximum Gasteiger partial charge on any atom is 0.250 e. The Hall–Kier alpha value is -2.17.